The maximum atomic E-state index is 12.7. The second-order valence-electron chi connectivity index (χ2n) is 2.38. The third kappa shape index (κ3) is 1.81. The number of hydrogen-bond acceptors (Lipinski definition) is 2. The number of hydrogen-bond donors (Lipinski definition) is 0. The van der Waals surface area contributed by atoms with Gasteiger partial charge in [0.2, 0.25) is 5.82 Å². The first kappa shape index (κ1) is 10.4. The standard InChI is InChI=1S/C7H3F4NO2/c8-3-1-4(7(10)11)6(12(13)14)5(9)2-3/h1-2,7H. The maximum Gasteiger partial charge on any atom is 0.313 e. The van der Waals surface area contributed by atoms with Crippen LogP contribution in [0.25, 0.3) is 0 Å². The second-order valence-corrected chi connectivity index (χ2v) is 2.38. The van der Waals surface area contributed by atoms with Crippen LogP contribution in [0.5, 0.6) is 0 Å². The van der Waals surface area contributed by atoms with Gasteiger partial charge in [0.15, 0.2) is 0 Å². The Balaban J connectivity index is 3.44. The van der Waals surface area contributed by atoms with E-state index in [4.69, 9.17) is 0 Å². The van der Waals surface area contributed by atoms with Crippen molar-refractivity contribution in [1.29, 1.82) is 0 Å². The number of halogens is 4. The van der Waals surface area contributed by atoms with Crippen molar-refractivity contribution in [2.75, 3.05) is 0 Å². The quantitative estimate of drug-likeness (QED) is 0.427. The van der Waals surface area contributed by atoms with Gasteiger partial charge in [0.25, 0.3) is 6.43 Å². The number of benzene rings is 1. The largest absolute Gasteiger partial charge is 0.313 e. The Labute approximate surface area is 75.1 Å². The molecular weight excluding hydrogens is 206 g/mol. The summed E-state index contributed by atoms with van der Waals surface area (Å²) in [7, 11) is 0. The van der Waals surface area contributed by atoms with Crippen LogP contribution in [0, 0.1) is 21.7 Å². The molecule has 1 aromatic rings. The molecule has 0 saturated carbocycles. The highest BCUT2D eigenvalue weighted by Gasteiger charge is 2.27. The number of nitro groups is 1. The smallest absolute Gasteiger partial charge is 0.258 e. The molecule has 0 saturated heterocycles. The molecule has 0 N–H and O–H groups in total. The zero-order chi connectivity index (χ0) is 10.9. The minimum Gasteiger partial charge on any atom is -0.258 e. The topological polar surface area (TPSA) is 43.1 Å². The summed E-state index contributed by atoms with van der Waals surface area (Å²) in [6, 6.07) is 0.426. The van der Waals surface area contributed by atoms with E-state index in [0.29, 0.717) is 0 Å². The van der Waals surface area contributed by atoms with E-state index in [0.717, 1.165) is 0 Å². The molecule has 0 fully saturated rings. The number of nitrogens with zero attached hydrogens (tertiary/aromatic N) is 1. The molecule has 1 aromatic carbocycles. The van der Waals surface area contributed by atoms with Crippen LogP contribution < -0.4 is 0 Å². The molecule has 1 rings (SSSR count). The van der Waals surface area contributed by atoms with E-state index in [1.807, 2.05) is 0 Å². The lowest BCUT2D eigenvalue weighted by Crippen LogP contribution is -2.00. The Morgan fingerprint density at radius 3 is 2.29 bits per heavy atom. The monoisotopic (exact) mass is 209 g/mol. The molecule has 76 valence electrons. The van der Waals surface area contributed by atoms with Crippen molar-refractivity contribution in [3.05, 3.63) is 39.4 Å². The fourth-order valence-electron chi connectivity index (χ4n) is 0.945. The van der Waals surface area contributed by atoms with Crippen LogP contribution in [-0.4, -0.2) is 4.92 Å². The van der Waals surface area contributed by atoms with Crippen LogP contribution in [-0.2, 0) is 0 Å². The fourth-order valence-corrected chi connectivity index (χ4v) is 0.945. The Kier molecular flexibility index (Phi) is 2.68. The van der Waals surface area contributed by atoms with E-state index in [1.54, 1.807) is 0 Å². The average Bonchev–Trinajstić information content (AvgIpc) is 2.01. The summed E-state index contributed by atoms with van der Waals surface area (Å²) in [4.78, 5) is 8.86. The van der Waals surface area contributed by atoms with Gasteiger partial charge in [0, 0.05) is 6.07 Å². The van der Waals surface area contributed by atoms with Crippen LogP contribution in [0.15, 0.2) is 12.1 Å². The van der Waals surface area contributed by atoms with E-state index in [-0.39, 0.29) is 12.1 Å². The Bertz CT molecular complexity index is 380. The molecule has 0 bridgehead atoms. The van der Waals surface area contributed by atoms with Gasteiger partial charge in [-0.15, -0.1) is 0 Å². The minimum atomic E-state index is -3.29. The first-order chi connectivity index (χ1) is 6.43. The molecular formula is C7H3F4NO2. The highest BCUT2D eigenvalue weighted by Crippen LogP contribution is 2.31. The van der Waals surface area contributed by atoms with Gasteiger partial charge in [-0.25, -0.2) is 13.2 Å². The van der Waals surface area contributed by atoms with E-state index < -0.39 is 34.2 Å². The number of rotatable bonds is 2. The van der Waals surface area contributed by atoms with Crippen LogP contribution in [0.3, 0.4) is 0 Å². The Morgan fingerprint density at radius 1 is 1.29 bits per heavy atom. The molecule has 0 amide bonds. The summed E-state index contributed by atoms with van der Waals surface area (Å²) in [5, 5.41) is 10.2. The molecule has 0 aliphatic rings. The summed E-state index contributed by atoms with van der Waals surface area (Å²) >= 11 is 0. The van der Waals surface area contributed by atoms with Crippen molar-refractivity contribution in [3.8, 4) is 0 Å². The molecule has 7 heteroatoms. The molecule has 0 spiro atoms. The first-order valence-electron chi connectivity index (χ1n) is 3.35. The van der Waals surface area contributed by atoms with E-state index in [9.17, 15) is 27.7 Å². The van der Waals surface area contributed by atoms with E-state index in [2.05, 4.69) is 0 Å². The van der Waals surface area contributed by atoms with Crippen molar-refractivity contribution in [2.45, 2.75) is 6.43 Å². The number of nitro benzene ring substituents is 1. The van der Waals surface area contributed by atoms with Crippen molar-refractivity contribution in [2.24, 2.45) is 0 Å². The van der Waals surface area contributed by atoms with Crippen molar-refractivity contribution in [1.82, 2.24) is 0 Å². The molecule has 3 nitrogen and oxygen atoms in total. The zero-order valence-corrected chi connectivity index (χ0v) is 6.51. The lowest BCUT2D eigenvalue weighted by atomic mass is 10.1. The van der Waals surface area contributed by atoms with Crippen LogP contribution in [0.1, 0.15) is 12.0 Å². The number of alkyl halides is 2. The molecule has 0 aliphatic carbocycles. The Morgan fingerprint density at radius 2 is 1.86 bits per heavy atom. The summed E-state index contributed by atoms with van der Waals surface area (Å²) in [6.07, 6.45) is -3.29. The van der Waals surface area contributed by atoms with Crippen molar-refractivity contribution >= 4 is 5.69 Å². The zero-order valence-electron chi connectivity index (χ0n) is 6.51. The minimum absolute atomic E-state index is 0.185. The molecule has 0 atom stereocenters. The summed E-state index contributed by atoms with van der Waals surface area (Å²) < 4.78 is 49.4. The molecule has 14 heavy (non-hydrogen) atoms. The third-order valence-electron chi connectivity index (χ3n) is 1.48. The molecule has 0 radical (unpaired) electrons. The van der Waals surface area contributed by atoms with Gasteiger partial charge in [0.1, 0.15) is 11.4 Å². The van der Waals surface area contributed by atoms with Crippen molar-refractivity contribution < 1.29 is 22.5 Å². The van der Waals surface area contributed by atoms with Crippen LogP contribution in [0.4, 0.5) is 23.2 Å². The normalized spacial score (nSPS) is 10.6. The molecule has 0 aliphatic heterocycles. The maximum absolute atomic E-state index is 12.7. The molecule has 0 unspecified atom stereocenters. The van der Waals surface area contributed by atoms with Gasteiger partial charge in [-0.2, -0.15) is 4.39 Å². The summed E-state index contributed by atoms with van der Waals surface area (Å²) in [5.41, 5.74) is -2.64. The van der Waals surface area contributed by atoms with Gasteiger partial charge in [-0.05, 0) is 6.07 Å². The fraction of sp³-hybridized carbons (Fsp3) is 0.143. The third-order valence-corrected chi connectivity index (χ3v) is 1.48. The average molecular weight is 209 g/mol. The highest BCUT2D eigenvalue weighted by atomic mass is 19.3. The van der Waals surface area contributed by atoms with E-state index >= 15 is 0 Å². The van der Waals surface area contributed by atoms with Gasteiger partial charge in [0.05, 0.1) is 4.92 Å². The van der Waals surface area contributed by atoms with Gasteiger partial charge in [-0.1, -0.05) is 0 Å². The molecule has 0 aromatic heterocycles. The first-order valence-corrected chi connectivity index (χ1v) is 3.35. The van der Waals surface area contributed by atoms with Crippen molar-refractivity contribution in [3.63, 3.8) is 0 Å². The summed E-state index contributed by atoms with van der Waals surface area (Å²) in [6.45, 7) is 0. The molecule has 0 heterocycles. The summed E-state index contributed by atoms with van der Waals surface area (Å²) in [5.74, 6) is -2.88. The SMILES string of the molecule is O=[N+]([O-])c1c(F)cc(F)cc1C(F)F. The van der Waals surface area contributed by atoms with Crippen LogP contribution in [0.2, 0.25) is 0 Å². The van der Waals surface area contributed by atoms with Gasteiger partial charge in [-0.3, -0.25) is 10.1 Å². The second kappa shape index (κ2) is 3.60. The van der Waals surface area contributed by atoms with Gasteiger partial charge >= 0.3 is 5.69 Å². The predicted molar refractivity (Wildman–Crippen MR) is 38.0 cm³/mol. The van der Waals surface area contributed by atoms with E-state index in [1.165, 1.54) is 0 Å². The van der Waals surface area contributed by atoms with Gasteiger partial charge < -0.3 is 0 Å². The lowest BCUT2D eigenvalue weighted by Gasteiger charge is -2.02. The Hall–Kier alpha value is -1.66. The van der Waals surface area contributed by atoms with Crippen LogP contribution >= 0.6 is 0 Å². The lowest BCUT2D eigenvalue weighted by molar-refractivity contribution is -0.389. The predicted octanol–water partition coefficient (Wildman–Crippen LogP) is 2.81. The highest BCUT2D eigenvalue weighted by molar-refractivity contribution is 5.42.